The highest BCUT2D eigenvalue weighted by molar-refractivity contribution is 5.32. The van der Waals surface area contributed by atoms with E-state index in [1.54, 1.807) is 12.1 Å². The molecular formula is C38H41N3O6. The van der Waals surface area contributed by atoms with E-state index in [0.717, 1.165) is 29.7 Å². The first-order valence-electron chi connectivity index (χ1n) is 16.3. The Morgan fingerprint density at radius 2 is 1.32 bits per heavy atom. The van der Waals surface area contributed by atoms with Gasteiger partial charge < -0.3 is 28.8 Å². The normalized spacial score (nSPS) is 24.5. The molecule has 1 aliphatic carbocycles. The van der Waals surface area contributed by atoms with Gasteiger partial charge in [-0.15, -0.1) is 0 Å². The summed E-state index contributed by atoms with van der Waals surface area (Å²) >= 11 is 0. The Morgan fingerprint density at radius 3 is 1.96 bits per heavy atom. The monoisotopic (exact) mass is 635 g/mol. The van der Waals surface area contributed by atoms with E-state index >= 15 is 0 Å². The number of benzene rings is 4. The lowest BCUT2D eigenvalue weighted by atomic mass is 9.78. The van der Waals surface area contributed by atoms with Gasteiger partial charge in [0.15, 0.2) is 12.3 Å². The minimum atomic E-state index is -1.71. The third kappa shape index (κ3) is 8.44. The lowest BCUT2D eigenvalue weighted by Gasteiger charge is -2.50. The molecule has 1 aliphatic heterocycles. The van der Waals surface area contributed by atoms with E-state index in [-0.39, 0.29) is 25.7 Å². The molecule has 9 nitrogen and oxygen atoms in total. The molecule has 2 fully saturated rings. The molecule has 244 valence electrons. The molecule has 1 saturated heterocycles. The Morgan fingerprint density at radius 1 is 0.723 bits per heavy atom. The smallest absolute Gasteiger partial charge is 0.176 e. The second kappa shape index (κ2) is 15.8. The second-order valence-electron chi connectivity index (χ2n) is 12.2. The van der Waals surface area contributed by atoms with E-state index in [0.29, 0.717) is 11.5 Å². The van der Waals surface area contributed by atoms with Gasteiger partial charge in [0.1, 0.15) is 41.7 Å². The van der Waals surface area contributed by atoms with E-state index in [2.05, 4.69) is 10.0 Å². The summed E-state index contributed by atoms with van der Waals surface area (Å²) in [4.78, 5) is 3.08. The average molecular weight is 636 g/mol. The van der Waals surface area contributed by atoms with Crippen LogP contribution in [-0.4, -0.2) is 48.0 Å². The van der Waals surface area contributed by atoms with Gasteiger partial charge in [0.2, 0.25) is 0 Å². The van der Waals surface area contributed by atoms with Crippen molar-refractivity contribution >= 4 is 0 Å². The zero-order valence-corrected chi connectivity index (χ0v) is 26.3. The van der Waals surface area contributed by atoms with Crippen LogP contribution in [0.4, 0.5) is 0 Å². The van der Waals surface area contributed by atoms with Crippen molar-refractivity contribution in [3.05, 3.63) is 137 Å². The van der Waals surface area contributed by atoms with Crippen LogP contribution in [0, 0.1) is 0 Å². The van der Waals surface area contributed by atoms with Crippen molar-refractivity contribution in [2.45, 2.75) is 81.4 Å². The van der Waals surface area contributed by atoms with E-state index in [4.69, 9.17) is 23.7 Å². The predicted octanol–water partition coefficient (Wildman–Crippen LogP) is 7.82. The Hall–Kier alpha value is -4.53. The number of azide groups is 1. The summed E-state index contributed by atoms with van der Waals surface area (Å²) in [6.45, 7) is 0.248. The number of rotatable bonds is 13. The van der Waals surface area contributed by atoms with E-state index in [1.807, 2.05) is 103 Å². The molecule has 6 rings (SSSR count). The zero-order chi connectivity index (χ0) is 32.3. The fraction of sp³-hybridized carbons (Fsp3) is 0.368. The van der Waals surface area contributed by atoms with Gasteiger partial charge in [0.05, 0.1) is 12.7 Å². The Bertz CT molecular complexity index is 1560. The summed E-state index contributed by atoms with van der Waals surface area (Å²) in [5, 5.41) is 16.9. The number of ether oxygens (including phenoxy) is 5. The lowest BCUT2D eigenvalue weighted by molar-refractivity contribution is -0.279. The van der Waals surface area contributed by atoms with Crippen molar-refractivity contribution in [3.8, 4) is 17.2 Å². The van der Waals surface area contributed by atoms with Crippen LogP contribution in [0.2, 0.25) is 0 Å². The molecule has 9 heteroatoms. The van der Waals surface area contributed by atoms with E-state index in [9.17, 15) is 10.6 Å². The Labute approximate surface area is 275 Å². The predicted molar refractivity (Wildman–Crippen MR) is 178 cm³/mol. The molecule has 4 aromatic carbocycles. The fourth-order valence-corrected chi connectivity index (χ4v) is 6.43. The van der Waals surface area contributed by atoms with Crippen molar-refractivity contribution in [1.29, 1.82) is 0 Å². The maximum atomic E-state index is 12.9. The fourth-order valence-electron chi connectivity index (χ4n) is 6.43. The van der Waals surface area contributed by atoms with Gasteiger partial charge in [-0.05, 0) is 78.7 Å². The molecular weight excluding hydrogens is 594 g/mol. The first kappa shape index (κ1) is 32.4. The average Bonchev–Trinajstić information content (AvgIpc) is 3.11. The van der Waals surface area contributed by atoms with Gasteiger partial charge in [-0.2, -0.15) is 0 Å². The van der Waals surface area contributed by atoms with Crippen LogP contribution in [0.3, 0.4) is 0 Å². The van der Waals surface area contributed by atoms with Crippen LogP contribution in [0.1, 0.15) is 43.2 Å². The van der Waals surface area contributed by atoms with Crippen molar-refractivity contribution in [1.82, 2.24) is 0 Å². The molecule has 5 atom stereocenters. The van der Waals surface area contributed by atoms with Crippen molar-refractivity contribution in [2.75, 3.05) is 6.61 Å². The number of hydrogen-bond donors (Lipinski definition) is 1. The molecule has 47 heavy (non-hydrogen) atoms. The SMILES string of the molecule is [N-]=[N+]=N[C@H]1O[C@H](COc2ccccc2)[C@@H](OCc2ccccc2)[C@@](O)(Cc2ccccc2)[C@H]1Oc1ccc(OC2CCCCC2)cc1. The highest BCUT2D eigenvalue weighted by Crippen LogP contribution is 2.39. The number of para-hydroxylation sites is 1. The second-order valence-corrected chi connectivity index (χ2v) is 12.2. The van der Waals surface area contributed by atoms with Gasteiger partial charge in [-0.1, -0.05) is 90.4 Å². The number of hydrogen-bond acceptors (Lipinski definition) is 7. The van der Waals surface area contributed by atoms with Crippen LogP contribution in [0.5, 0.6) is 17.2 Å². The minimum Gasteiger partial charge on any atom is -0.491 e. The van der Waals surface area contributed by atoms with E-state index in [1.165, 1.54) is 19.3 Å². The number of nitrogens with zero attached hydrogens (tertiary/aromatic N) is 3. The third-order valence-corrected chi connectivity index (χ3v) is 8.76. The molecule has 1 N–H and O–H groups in total. The Balaban J connectivity index is 1.33. The highest BCUT2D eigenvalue weighted by atomic mass is 16.6. The molecule has 1 heterocycles. The summed E-state index contributed by atoms with van der Waals surface area (Å²) < 4.78 is 31.8. The van der Waals surface area contributed by atoms with Crippen LogP contribution in [0.25, 0.3) is 10.4 Å². The molecule has 0 bridgehead atoms. The summed E-state index contributed by atoms with van der Waals surface area (Å²) in [5.74, 6) is 1.87. The third-order valence-electron chi connectivity index (χ3n) is 8.76. The van der Waals surface area contributed by atoms with Gasteiger partial charge >= 0.3 is 0 Å². The summed E-state index contributed by atoms with van der Waals surface area (Å²) in [6.07, 6.45) is 2.01. The molecule has 4 aromatic rings. The molecule has 0 unspecified atom stereocenters. The lowest BCUT2D eigenvalue weighted by Crippen LogP contribution is -2.70. The highest BCUT2D eigenvalue weighted by Gasteiger charge is 2.58. The largest absolute Gasteiger partial charge is 0.491 e. The maximum Gasteiger partial charge on any atom is 0.176 e. The van der Waals surface area contributed by atoms with Gasteiger partial charge in [0.25, 0.3) is 0 Å². The molecule has 0 amide bonds. The standard InChI is InChI=1S/C38H41N3O6/c39-41-40-37-36(46-33-23-21-32(22-24-33)45-31-19-11-4-12-20-31)38(42,25-28-13-5-1-6-14-28)35(44-26-29-15-7-2-8-16-29)34(47-37)27-43-30-17-9-3-10-18-30/h1-3,5-10,13-18,21-24,31,34-37,42H,4,11-12,19-20,25-27H2/t34-,35-,36+,37+,38+/m1/s1. The van der Waals surface area contributed by atoms with Crippen LogP contribution >= 0.6 is 0 Å². The first-order chi connectivity index (χ1) is 23.1. The molecule has 2 aliphatic rings. The summed E-state index contributed by atoms with van der Waals surface area (Å²) in [7, 11) is 0. The van der Waals surface area contributed by atoms with Crippen LogP contribution < -0.4 is 14.2 Å². The Kier molecular flexibility index (Phi) is 10.9. The molecule has 0 aromatic heterocycles. The van der Waals surface area contributed by atoms with Gasteiger partial charge in [-0.25, -0.2) is 0 Å². The van der Waals surface area contributed by atoms with Crippen molar-refractivity contribution in [2.24, 2.45) is 5.11 Å². The van der Waals surface area contributed by atoms with Gasteiger partial charge in [-0.3, -0.25) is 0 Å². The molecule has 0 spiro atoms. The van der Waals surface area contributed by atoms with Crippen LogP contribution in [0.15, 0.2) is 120 Å². The van der Waals surface area contributed by atoms with Gasteiger partial charge in [0, 0.05) is 11.3 Å². The van der Waals surface area contributed by atoms with Crippen molar-refractivity contribution < 1.29 is 28.8 Å². The molecule has 1 saturated carbocycles. The number of aliphatic hydroxyl groups is 1. The van der Waals surface area contributed by atoms with E-state index < -0.39 is 30.1 Å². The van der Waals surface area contributed by atoms with Crippen LogP contribution in [-0.2, 0) is 22.5 Å². The summed E-state index contributed by atoms with van der Waals surface area (Å²) in [6, 6.07) is 36.1. The quantitative estimate of drug-likeness (QED) is 0.0910. The summed E-state index contributed by atoms with van der Waals surface area (Å²) in [5.41, 5.74) is 9.71. The topological polar surface area (TPSA) is 115 Å². The minimum absolute atomic E-state index is 0.0396. The van der Waals surface area contributed by atoms with Crippen molar-refractivity contribution in [3.63, 3.8) is 0 Å². The zero-order valence-electron chi connectivity index (χ0n) is 26.3. The maximum absolute atomic E-state index is 12.9. The first-order valence-corrected chi connectivity index (χ1v) is 16.3. The molecule has 0 radical (unpaired) electrons.